The predicted molar refractivity (Wildman–Crippen MR) is 133 cm³/mol. The molecule has 0 spiro atoms. The van der Waals surface area contributed by atoms with Gasteiger partial charge in [0, 0.05) is 0 Å². The van der Waals surface area contributed by atoms with Gasteiger partial charge in [0.1, 0.15) is 0 Å². The fourth-order valence-electron chi connectivity index (χ4n) is 4.44. The molecule has 0 amide bonds. The Morgan fingerprint density at radius 3 is 0.806 bits per heavy atom. The molecule has 0 rings (SSSR count). The zero-order valence-corrected chi connectivity index (χ0v) is 25.0. The van der Waals surface area contributed by atoms with Gasteiger partial charge in [0.15, 0.2) is 0 Å². The van der Waals surface area contributed by atoms with Gasteiger partial charge in [0.05, 0.1) is 0 Å². The second kappa shape index (κ2) is 17.9. The molecular formula is C24H54CrO4Si2. The van der Waals surface area contributed by atoms with Crippen molar-refractivity contribution in [3.63, 3.8) is 0 Å². The van der Waals surface area contributed by atoms with Gasteiger partial charge >= 0.3 is 200 Å². The predicted octanol–water partition coefficient (Wildman–Crippen LogP) is 9.39. The topological polar surface area (TPSA) is 52.6 Å². The van der Waals surface area contributed by atoms with Crippen molar-refractivity contribution in [1.82, 2.24) is 0 Å². The summed E-state index contributed by atoms with van der Waals surface area (Å²) in [5, 5.41) is 0. The molecule has 0 bridgehead atoms. The Balaban J connectivity index is 5.81. The van der Waals surface area contributed by atoms with Crippen molar-refractivity contribution >= 4 is 16.6 Å². The van der Waals surface area contributed by atoms with E-state index in [9.17, 15) is 7.61 Å². The van der Waals surface area contributed by atoms with E-state index in [4.69, 9.17) is 6.96 Å². The van der Waals surface area contributed by atoms with E-state index in [1.165, 1.54) is 0 Å². The molecule has 0 aliphatic rings. The zero-order chi connectivity index (χ0) is 23.6. The maximum absolute atomic E-state index is 13.5. The first-order valence-corrected chi connectivity index (χ1v) is 20.6. The third-order valence-corrected chi connectivity index (χ3v) is 20.4. The summed E-state index contributed by atoms with van der Waals surface area (Å²) in [6.45, 7) is 13.1. The third-order valence-electron chi connectivity index (χ3n) is 6.47. The average molecular weight is 515 g/mol. The molecule has 4 nitrogen and oxygen atoms in total. The van der Waals surface area contributed by atoms with Gasteiger partial charge in [-0.3, -0.25) is 0 Å². The van der Waals surface area contributed by atoms with Crippen LogP contribution in [-0.2, 0) is 28.2 Å². The Morgan fingerprint density at radius 1 is 0.452 bits per heavy atom. The minimum absolute atomic E-state index is 0.962. The molecule has 0 atom stereocenters. The van der Waals surface area contributed by atoms with Crippen LogP contribution in [0.3, 0.4) is 0 Å². The molecule has 0 N–H and O–H groups in total. The molecule has 0 heterocycles. The molecule has 0 saturated carbocycles. The number of rotatable bonds is 22. The normalized spacial score (nSPS) is 13.1. The molecule has 0 aromatic rings. The summed E-state index contributed by atoms with van der Waals surface area (Å²) in [6.07, 6.45) is 12.9. The van der Waals surface area contributed by atoms with Crippen molar-refractivity contribution < 1.29 is 28.2 Å². The second-order valence-electron chi connectivity index (χ2n) is 9.56. The fraction of sp³-hybridized carbons (Fsp3) is 1.00. The van der Waals surface area contributed by atoms with E-state index in [2.05, 4.69) is 41.5 Å². The summed E-state index contributed by atoms with van der Waals surface area (Å²) in [5.74, 6) is 0. The van der Waals surface area contributed by atoms with Crippen LogP contribution in [0.5, 0.6) is 0 Å². The molecule has 0 aliphatic heterocycles. The van der Waals surface area contributed by atoms with Crippen LogP contribution in [0.2, 0.25) is 36.3 Å². The molecule has 0 aromatic carbocycles. The molecule has 0 unspecified atom stereocenters. The van der Waals surface area contributed by atoms with E-state index in [-0.39, 0.29) is 0 Å². The first-order valence-electron chi connectivity index (χ1n) is 13.4. The van der Waals surface area contributed by atoms with Gasteiger partial charge in [-0.15, -0.1) is 0 Å². The van der Waals surface area contributed by atoms with Gasteiger partial charge in [0.25, 0.3) is 0 Å². The standard InChI is InChI=1S/2C12H27OSi.Cr.2O/c2*1-4-7-10-14(13,11-8-5-2)12-9-6-3;;;/h2*4-12H2,1-3H3;;;/q2*-1;+2;;. The van der Waals surface area contributed by atoms with Crippen LogP contribution in [0.1, 0.15) is 119 Å². The minimum atomic E-state index is -4.87. The van der Waals surface area contributed by atoms with Crippen molar-refractivity contribution in [2.24, 2.45) is 0 Å². The monoisotopic (exact) mass is 514 g/mol. The molecule has 0 radical (unpaired) electrons. The first-order chi connectivity index (χ1) is 14.8. The van der Waals surface area contributed by atoms with Gasteiger partial charge in [0.2, 0.25) is 0 Å². The Hall–Kier alpha value is 0.486. The Morgan fingerprint density at radius 2 is 0.645 bits per heavy atom. The van der Waals surface area contributed by atoms with Crippen LogP contribution in [0.25, 0.3) is 0 Å². The molecule has 0 aliphatic carbocycles. The van der Waals surface area contributed by atoms with Crippen LogP contribution in [0.4, 0.5) is 0 Å². The molecular weight excluding hydrogens is 460 g/mol. The van der Waals surface area contributed by atoms with Gasteiger partial charge in [-0.05, 0) is 0 Å². The van der Waals surface area contributed by atoms with Crippen molar-refractivity contribution in [1.29, 1.82) is 0 Å². The van der Waals surface area contributed by atoms with Crippen LogP contribution >= 0.6 is 0 Å². The summed E-state index contributed by atoms with van der Waals surface area (Å²) >= 11 is -4.87. The number of hydrogen-bond acceptors (Lipinski definition) is 4. The molecule has 0 saturated heterocycles. The van der Waals surface area contributed by atoms with E-state index in [0.717, 1.165) is 113 Å². The van der Waals surface area contributed by atoms with Crippen molar-refractivity contribution in [2.75, 3.05) is 0 Å². The summed E-state index contributed by atoms with van der Waals surface area (Å²) in [6, 6.07) is 5.77. The zero-order valence-electron chi connectivity index (χ0n) is 21.8. The van der Waals surface area contributed by atoms with Crippen LogP contribution in [-0.4, -0.2) is 16.6 Å². The van der Waals surface area contributed by atoms with E-state index < -0.39 is 30.2 Å². The summed E-state index contributed by atoms with van der Waals surface area (Å²) < 4.78 is 39.7. The number of unbranched alkanes of at least 4 members (excludes halogenated alkanes) is 6. The number of hydrogen-bond donors (Lipinski definition) is 0. The molecule has 7 heteroatoms. The quantitative estimate of drug-likeness (QED) is 0.135. The summed E-state index contributed by atoms with van der Waals surface area (Å²) in [4.78, 5) is 0. The summed E-state index contributed by atoms with van der Waals surface area (Å²) in [7, 11) is -4.69. The first kappa shape index (κ1) is 31.5. The fourth-order valence-corrected chi connectivity index (χ4v) is 20.3. The Labute approximate surface area is 199 Å². The maximum atomic E-state index is 13.5. The van der Waals surface area contributed by atoms with Crippen LogP contribution < -0.4 is 0 Å². The van der Waals surface area contributed by atoms with Crippen molar-refractivity contribution in [3.8, 4) is 0 Å². The van der Waals surface area contributed by atoms with E-state index in [1.54, 1.807) is 0 Å². The second-order valence-corrected chi connectivity index (χ2v) is 20.5. The van der Waals surface area contributed by atoms with Gasteiger partial charge < -0.3 is 0 Å². The molecule has 0 fully saturated rings. The van der Waals surface area contributed by atoms with Gasteiger partial charge in [-0.2, -0.15) is 0 Å². The van der Waals surface area contributed by atoms with Crippen molar-refractivity contribution in [3.05, 3.63) is 0 Å². The average Bonchev–Trinajstić information content (AvgIpc) is 2.75. The molecule has 0 aromatic heterocycles. The van der Waals surface area contributed by atoms with Gasteiger partial charge in [-0.1, -0.05) is 0 Å². The van der Waals surface area contributed by atoms with E-state index >= 15 is 0 Å². The Bertz CT molecular complexity index is 442. The van der Waals surface area contributed by atoms with Crippen LogP contribution in [0, 0.1) is 0 Å². The van der Waals surface area contributed by atoms with E-state index in [0.29, 0.717) is 0 Å². The Kier molecular flexibility index (Phi) is 18.2. The summed E-state index contributed by atoms with van der Waals surface area (Å²) in [5.41, 5.74) is 0. The van der Waals surface area contributed by atoms with Crippen LogP contribution in [0.15, 0.2) is 0 Å². The molecule has 31 heavy (non-hydrogen) atoms. The SMILES string of the molecule is CCCC[Si](CCCC)(CCCC)[O][Cr](=[O])(=[O])[O][Si](CCCC)(CCCC)CCCC. The van der Waals surface area contributed by atoms with E-state index in [1.807, 2.05) is 0 Å². The third kappa shape index (κ3) is 13.7. The molecule has 188 valence electrons. The van der Waals surface area contributed by atoms with Crippen molar-refractivity contribution in [2.45, 2.75) is 155 Å². The van der Waals surface area contributed by atoms with Gasteiger partial charge in [-0.25, -0.2) is 0 Å².